The van der Waals surface area contributed by atoms with E-state index in [2.05, 4.69) is 50.2 Å². The van der Waals surface area contributed by atoms with Crippen molar-refractivity contribution in [3.05, 3.63) is 77.0 Å². The molecule has 4 aromatic rings. The summed E-state index contributed by atoms with van der Waals surface area (Å²) in [5.74, 6) is 0.959. The van der Waals surface area contributed by atoms with Gasteiger partial charge in [0.15, 0.2) is 19.8 Å². The van der Waals surface area contributed by atoms with Crippen molar-refractivity contribution < 1.29 is 23.8 Å². The molecule has 0 aliphatic heterocycles. The smallest absolute Gasteiger partial charge is 0.255 e. The van der Waals surface area contributed by atoms with E-state index in [1.165, 1.54) is 0 Å². The molecule has 0 radical (unpaired) electrons. The van der Waals surface area contributed by atoms with Crippen molar-refractivity contribution in [2.45, 2.75) is 64.2 Å². The average molecular weight is 587 g/mol. The van der Waals surface area contributed by atoms with Crippen LogP contribution in [0.3, 0.4) is 0 Å². The second-order valence-electron chi connectivity index (χ2n) is 12.7. The van der Waals surface area contributed by atoms with Crippen LogP contribution in [0, 0.1) is 0 Å². The van der Waals surface area contributed by atoms with Crippen molar-refractivity contribution in [2.75, 3.05) is 20.8 Å². The minimum Gasteiger partial charge on any atom is -0.507 e. The van der Waals surface area contributed by atoms with Gasteiger partial charge in [-0.3, -0.25) is 4.79 Å². The number of fused-ring (bicyclic) bond motifs is 4. The first-order valence-corrected chi connectivity index (χ1v) is 17.4. The number of amides is 1. The van der Waals surface area contributed by atoms with Gasteiger partial charge in [0.1, 0.15) is 5.75 Å². The number of carbonyl (C=O) groups excluding carboxylic acids is 1. The van der Waals surface area contributed by atoms with Crippen LogP contribution in [0.25, 0.3) is 22.0 Å². The summed E-state index contributed by atoms with van der Waals surface area (Å²) in [5.41, 5.74) is 6.44. The van der Waals surface area contributed by atoms with E-state index in [0.29, 0.717) is 24.5 Å². The van der Waals surface area contributed by atoms with Crippen molar-refractivity contribution in [1.82, 2.24) is 10.3 Å². The first-order valence-electron chi connectivity index (χ1n) is 14.5. The number of ether oxygens (including phenoxy) is 2. The van der Waals surface area contributed by atoms with Gasteiger partial charge < -0.3 is 29.3 Å². The number of benzene rings is 3. The number of rotatable bonds is 9. The topological polar surface area (TPSA) is 92.8 Å². The van der Waals surface area contributed by atoms with Crippen LogP contribution in [0.1, 0.15) is 47.8 Å². The van der Waals surface area contributed by atoms with E-state index in [0.717, 1.165) is 51.6 Å². The minimum absolute atomic E-state index is 0.0219. The van der Waals surface area contributed by atoms with E-state index in [1.807, 2.05) is 36.5 Å². The number of carbonyl (C=O) groups is 1. The van der Waals surface area contributed by atoms with E-state index < -0.39 is 8.32 Å². The predicted molar refractivity (Wildman–Crippen MR) is 170 cm³/mol. The van der Waals surface area contributed by atoms with E-state index in [4.69, 9.17) is 13.9 Å². The zero-order valence-electron chi connectivity index (χ0n) is 25.7. The van der Waals surface area contributed by atoms with Gasteiger partial charge in [-0.15, -0.1) is 0 Å². The van der Waals surface area contributed by atoms with Crippen LogP contribution >= 0.6 is 0 Å². The molecule has 1 aliphatic rings. The van der Waals surface area contributed by atoms with Gasteiger partial charge in [0, 0.05) is 17.1 Å². The number of H-pyrrole nitrogens is 1. The highest BCUT2D eigenvalue weighted by Crippen LogP contribution is 2.42. The molecule has 5 rings (SSSR count). The molecule has 7 nitrogen and oxygen atoms in total. The Morgan fingerprint density at radius 2 is 1.64 bits per heavy atom. The molecule has 1 unspecified atom stereocenters. The second kappa shape index (κ2) is 11.5. The Hall–Kier alpha value is -3.75. The van der Waals surface area contributed by atoms with Crippen molar-refractivity contribution >= 4 is 25.1 Å². The van der Waals surface area contributed by atoms with Gasteiger partial charge in [-0.05, 0) is 95.5 Å². The van der Waals surface area contributed by atoms with Crippen LogP contribution in [0.5, 0.6) is 17.2 Å². The van der Waals surface area contributed by atoms with E-state index in [9.17, 15) is 9.90 Å². The van der Waals surface area contributed by atoms with Crippen LogP contribution in [-0.4, -0.2) is 51.2 Å². The third-order valence-electron chi connectivity index (χ3n) is 8.96. The number of phenols is 1. The van der Waals surface area contributed by atoms with Gasteiger partial charge in [-0.25, -0.2) is 0 Å². The highest BCUT2D eigenvalue weighted by molar-refractivity contribution is 6.74. The molecular formula is C34H42N2O5Si. The molecular weight excluding hydrogens is 544 g/mol. The number of para-hydroxylation sites is 1. The van der Waals surface area contributed by atoms with Gasteiger partial charge in [0.25, 0.3) is 5.91 Å². The van der Waals surface area contributed by atoms with Gasteiger partial charge in [-0.2, -0.15) is 0 Å². The molecule has 0 fully saturated rings. The molecule has 1 aromatic heterocycles. The van der Waals surface area contributed by atoms with Gasteiger partial charge in [0.05, 0.1) is 32.4 Å². The van der Waals surface area contributed by atoms with E-state index in [-0.39, 0.29) is 28.3 Å². The van der Waals surface area contributed by atoms with Gasteiger partial charge >= 0.3 is 0 Å². The van der Waals surface area contributed by atoms with Crippen molar-refractivity contribution in [1.29, 1.82) is 0 Å². The van der Waals surface area contributed by atoms with Crippen LogP contribution in [0.4, 0.5) is 0 Å². The van der Waals surface area contributed by atoms with Crippen molar-refractivity contribution in [3.8, 4) is 28.4 Å². The number of aromatic nitrogens is 1. The van der Waals surface area contributed by atoms with Crippen LogP contribution in [0.2, 0.25) is 18.1 Å². The fourth-order valence-electron chi connectivity index (χ4n) is 5.43. The van der Waals surface area contributed by atoms with Crippen LogP contribution in [-0.2, 0) is 23.7 Å². The number of aromatic hydroxyl groups is 1. The summed E-state index contributed by atoms with van der Waals surface area (Å²) in [6.07, 6.45) is 4.17. The van der Waals surface area contributed by atoms with E-state index >= 15 is 0 Å². The van der Waals surface area contributed by atoms with Gasteiger partial charge in [0.2, 0.25) is 0 Å². The zero-order chi connectivity index (χ0) is 30.2. The normalized spacial score (nSPS) is 13.8. The molecule has 1 aliphatic carbocycles. The fourth-order valence-corrected chi connectivity index (χ4v) is 6.48. The molecule has 1 atom stereocenters. The lowest BCUT2D eigenvalue weighted by Gasteiger charge is -2.37. The number of aromatic amines is 1. The Balaban J connectivity index is 1.46. The van der Waals surface area contributed by atoms with Crippen molar-refractivity contribution in [2.24, 2.45) is 0 Å². The van der Waals surface area contributed by atoms with E-state index in [1.54, 1.807) is 26.4 Å². The number of phenolic OH excluding ortho intramolecular Hbond substituents is 1. The highest BCUT2D eigenvalue weighted by atomic mass is 28.4. The summed E-state index contributed by atoms with van der Waals surface area (Å²) >= 11 is 0. The summed E-state index contributed by atoms with van der Waals surface area (Å²) in [6.45, 7) is 11.4. The molecule has 0 saturated carbocycles. The maximum absolute atomic E-state index is 13.8. The summed E-state index contributed by atoms with van der Waals surface area (Å²) in [7, 11) is 1.17. The molecule has 0 saturated heterocycles. The molecule has 1 heterocycles. The number of nitrogens with one attached hydrogen (secondary N) is 2. The molecule has 1 amide bonds. The monoisotopic (exact) mass is 586 g/mol. The molecule has 0 bridgehead atoms. The molecule has 0 spiro atoms. The molecule has 3 N–H and O–H groups in total. The van der Waals surface area contributed by atoms with Crippen molar-refractivity contribution in [3.63, 3.8) is 0 Å². The lowest BCUT2D eigenvalue weighted by Crippen LogP contribution is -2.47. The third kappa shape index (κ3) is 5.78. The summed E-state index contributed by atoms with van der Waals surface area (Å²) in [4.78, 5) is 17.2. The number of hydrogen-bond donors (Lipinski definition) is 3. The Morgan fingerprint density at radius 1 is 1.00 bits per heavy atom. The molecule has 8 heteroatoms. The molecule has 42 heavy (non-hydrogen) atoms. The first kappa shape index (κ1) is 29.7. The Bertz CT molecular complexity index is 1620. The molecule has 222 valence electrons. The first-order chi connectivity index (χ1) is 19.9. The maximum atomic E-state index is 13.8. The Labute approximate surface area is 249 Å². The quantitative estimate of drug-likeness (QED) is 0.183. The highest BCUT2D eigenvalue weighted by Gasteiger charge is 2.38. The summed E-state index contributed by atoms with van der Waals surface area (Å²) in [5, 5.41) is 15.4. The maximum Gasteiger partial charge on any atom is 0.255 e. The standard InChI is InChI=1S/C34H42N2O5Si/c1-34(2,3)42(6,7)41-20-24(14-23-19-35-29-11-9-8-10-25(23)29)36-33(38)28-17-26-21(15-30(28)37)12-13-22-16-31(39-4)32(40-5)18-27(22)26/h8-11,15-19,24,35,37H,12-14,20H2,1-7H3,(H,36,38). The lowest BCUT2D eigenvalue weighted by molar-refractivity contribution is 0.0916. The number of methoxy groups -OCH3 is 2. The second-order valence-corrected chi connectivity index (χ2v) is 17.5. The zero-order valence-corrected chi connectivity index (χ0v) is 26.7. The summed E-state index contributed by atoms with van der Waals surface area (Å²) < 4.78 is 17.7. The number of hydrogen-bond acceptors (Lipinski definition) is 5. The Morgan fingerprint density at radius 3 is 2.33 bits per heavy atom. The summed E-state index contributed by atoms with van der Waals surface area (Å²) in [6, 6.07) is 15.4. The number of aryl methyl sites for hydroxylation is 2. The third-order valence-corrected chi connectivity index (χ3v) is 13.5. The van der Waals surface area contributed by atoms with Gasteiger partial charge in [-0.1, -0.05) is 39.0 Å². The predicted octanol–water partition coefficient (Wildman–Crippen LogP) is 7.02. The average Bonchev–Trinajstić information content (AvgIpc) is 3.36. The fraction of sp³-hybridized carbons (Fsp3) is 0.382. The Kier molecular flexibility index (Phi) is 8.14. The van der Waals surface area contributed by atoms with Crippen LogP contribution in [0.15, 0.2) is 54.7 Å². The SMILES string of the molecule is COc1cc2c(cc1OC)-c1cc(C(=O)NC(CO[Si](C)(C)C(C)(C)C)Cc3c[nH]c4ccccc34)c(O)cc1CC2. The lowest BCUT2D eigenvalue weighted by atomic mass is 9.84. The minimum atomic E-state index is -2.07. The molecule has 3 aromatic carbocycles. The van der Waals surface area contributed by atoms with Crippen LogP contribution < -0.4 is 14.8 Å². The largest absolute Gasteiger partial charge is 0.507 e.